The SMILES string of the molecule is NCc1nnn(CCCOc2ccccc2)c1C1CC1. The number of hydrogen-bond acceptors (Lipinski definition) is 4. The monoisotopic (exact) mass is 272 g/mol. The molecule has 1 aromatic heterocycles. The third-order valence-electron chi connectivity index (χ3n) is 3.53. The molecule has 1 aliphatic rings. The topological polar surface area (TPSA) is 66.0 Å². The summed E-state index contributed by atoms with van der Waals surface area (Å²) < 4.78 is 7.70. The van der Waals surface area contributed by atoms with E-state index in [0.29, 0.717) is 19.1 Å². The molecule has 0 unspecified atom stereocenters. The van der Waals surface area contributed by atoms with Crippen molar-refractivity contribution in [2.75, 3.05) is 6.61 Å². The Kier molecular flexibility index (Phi) is 3.97. The van der Waals surface area contributed by atoms with E-state index in [4.69, 9.17) is 10.5 Å². The fourth-order valence-electron chi connectivity index (χ4n) is 2.39. The van der Waals surface area contributed by atoms with E-state index in [-0.39, 0.29) is 0 Å². The van der Waals surface area contributed by atoms with Crippen LogP contribution in [0.2, 0.25) is 0 Å². The minimum atomic E-state index is 0.479. The van der Waals surface area contributed by atoms with Gasteiger partial charge in [0.25, 0.3) is 0 Å². The maximum absolute atomic E-state index is 5.72. The van der Waals surface area contributed by atoms with E-state index in [1.165, 1.54) is 18.5 Å². The average Bonchev–Trinajstić information content (AvgIpc) is 3.25. The predicted octanol–water partition coefficient (Wildman–Crippen LogP) is 2.08. The number of aryl methyl sites for hydroxylation is 1. The second-order valence-corrected chi connectivity index (χ2v) is 5.14. The molecular weight excluding hydrogens is 252 g/mol. The van der Waals surface area contributed by atoms with Crippen LogP contribution in [0, 0.1) is 0 Å². The Morgan fingerprint density at radius 1 is 1.25 bits per heavy atom. The third kappa shape index (κ3) is 2.99. The van der Waals surface area contributed by atoms with Gasteiger partial charge in [0.2, 0.25) is 0 Å². The van der Waals surface area contributed by atoms with E-state index in [1.54, 1.807) is 0 Å². The van der Waals surface area contributed by atoms with Gasteiger partial charge in [0.05, 0.1) is 18.0 Å². The van der Waals surface area contributed by atoms with Crippen molar-refractivity contribution in [3.8, 4) is 5.75 Å². The van der Waals surface area contributed by atoms with Crippen molar-refractivity contribution in [1.82, 2.24) is 15.0 Å². The summed E-state index contributed by atoms with van der Waals surface area (Å²) in [5, 5.41) is 8.40. The van der Waals surface area contributed by atoms with Crippen molar-refractivity contribution in [2.45, 2.75) is 38.3 Å². The first-order valence-electron chi connectivity index (χ1n) is 7.18. The summed E-state index contributed by atoms with van der Waals surface area (Å²) in [4.78, 5) is 0. The van der Waals surface area contributed by atoms with E-state index in [2.05, 4.69) is 10.3 Å². The molecule has 3 rings (SSSR count). The average molecular weight is 272 g/mol. The fourth-order valence-corrected chi connectivity index (χ4v) is 2.39. The van der Waals surface area contributed by atoms with Crippen LogP contribution in [0.15, 0.2) is 30.3 Å². The normalized spacial score (nSPS) is 14.4. The second-order valence-electron chi connectivity index (χ2n) is 5.14. The highest BCUT2D eigenvalue weighted by molar-refractivity contribution is 5.21. The molecule has 0 aliphatic heterocycles. The largest absolute Gasteiger partial charge is 0.494 e. The number of hydrogen-bond donors (Lipinski definition) is 1. The quantitative estimate of drug-likeness (QED) is 0.784. The standard InChI is InChI=1S/C15H20N4O/c16-11-14-15(12-7-8-12)19(18-17-14)9-4-10-20-13-5-2-1-3-6-13/h1-3,5-6,12H,4,7-11,16H2. The Balaban J connectivity index is 1.52. The Morgan fingerprint density at radius 3 is 2.75 bits per heavy atom. The summed E-state index contributed by atoms with van der Waals surface area (Å²) in [7, 11) is 0. The van der Waals surface area contributed by atoms with Gasteiger partial charge in [-0.05, 0) is 25.0 Å². The Morgan fingerprint density at radius 2 is 2.05 bits per heavy atom. The molecule has 2 N–H and O–H groups in total. The van der Waals surface area contributed by atoms with E-state index in [0.717, 1.165) is 24.4 Å². The molecule has 0 spiro atoms. The molecule has 0 radical (unpaired) electrons. The molecule has 2 aromatic rings. The van der Waals surface area contributed by atoms with E-state index in [1.807, 2.05) is 35.0 Å². The molecule has 0 saturated heterocycles. The van der Waals surface area contributed by atoms with Gasteiger partial charge in [-0.3, -0.25) is 0 Å². The van der Waals surface area contributed by atoms with Crippen LogP contribution in [-0.4, -0.2) is 21.6 Å². The summed E-state index contributed by atoms with van der Waals surface area (Å²) in [6.07, 6.45) is 3.39. The number of para-hydroxylation sites is 1. The minimum absolute atomic E-state index is 0.479. The second kappa shape index (κ2) is 6.05. The van der Waals surface area contributed by atoms with Gasteiger partial charge in [-0.2, -0.15) is 0 Å². The van der Waals surface area contributed by atoms with Gasteiger partial charge in [-0.15, -0.1) is 5.10 Å². The zero-order chi connectivity index (χ0) is 13.8. The first-order valence-corrected chi connectivity index (χ1v) is 7.18. The minimum Gasteiger partial charge on any atom is -0.494 e. The summed E-state index contributed by atoms with van der Waals surface area (Å²) in [5.74, 6) is 1.54. The highest BCUT2D eigenvalue weighted by Crippen LogP contribution is 2.41. The van der Waals surface area contributed by atoms with Crippen LogP contribution in [0.3, 0.4) is 0 Å². The Labute approximate surface area is 118 Å². The lowest BCUT2D eigenvalue weighted by molar-refractivity contribution is 0.297. The molecular formula is C15H20N4O. The fraction of sp³-hybridized carbons (Fsp3) is 0.467. The van der Waals surface area contributed by atoms with Crippen LogP contribution in [0.1, 0.15) is 36.6 Å². The summed E-state index contributed by atoms with van der Waals surface area (Å²) >= 11 is 0. The van der Waals surface area contributed by atoms with Crippen molar-refractivity contribution in [1.29, 1.82) is 0 Å². The maximum atomic E-state index is 5.72. The lowest BCUT2D eigenvalue weighted by atomic mass is 10.2. The maximum Gasteiger partial charge on any atom is 0.119 e. The molecule has 1 aliphatic carbocycles. The molecule has 106 valence electrons. The third-order valence-corrected chi connectivity index (χ3v) is 3.53. The summed E-state index contributed by atoms with van der Waals surface area (Å²) in [6, 6.07) is 9.88. The Hall–Kier alpha value is -1.88. The molecule has 5 nitrogen and oxygen atoms in total. The molecule has 1 saturated carbocycles. The van der Waals surface area contributed by atoms with E-state index >= 15 is 0 Å². The van der Waals surface area contributed by atoms with E-state index < -0.39 is 0 Å². The zero-order valence-corrected chi connectivity index (χ0v) is 11.5. The molecule has 1 heterocycles. The van der Waals surface area contributed by atoms with Crippen LogP contribution in [0.4, 0.5) is 0 Å². The molecule has 1 fully saturated rings. The Bertz CT molecular complexity index is 548. The number of nitrogens with zero attached hydrogens (tertiary/aromatic N) is 3. The van der Waals surface area contributed by atoms with Crippen LogP contribution in [-0.2, 0) is 13.1 Å². The van der Waals surface area contributed by atoms with Crippen LogP contribution >= 0.6 is 0 Å². The molecule has 0 bridgehead atoms. The molecule has 1 aromatic carbocycles. The smallest absolute Gasteiger partial charge is 0.119 e. The first-order chi connectivity index (χ1) is 9.88. The molecule has 5 heteroatoms. The number of rotatable bonds is 7. The van der Waals surface area contributed by atoms with Crippen LogP contribution in [0.5, 0.6) is 5.75 Å². The van der Waals surface area contributed by atoms with E-state index in [9.17, 15) is 0 Å². The number of aromatic nitrogens is 3. The van der Waals surface area contributed by atoms with Crippen molar-refractivity contribution < 1.29 is 4.74 Å². The number of benzene rings is 1. The highest BCUT2D eigenvalue weighted by atomic mass is 16.5. The number of nitrogens with two attached hydrogens (primary N) is 1. The molecule has 0 atom stereocenters. The van der Waals surface area contributed by atoms with Crippen molar-refractivity contribution in [3.05, 3.63) is 41.7 Å². The van der Waals surface area contributed by atoms with Gasteiger partial charge in [0.15, 0.2) is 0 Å². The van der Waals surface area contributed by atoms with Gasteiger partial charge in [-0.1, -0.05) is 23.4 Å². The van der Waals surface area contributed by atoms with Gasteiger partial charge >= 0.3 is 0 Å². The van der Waals surface area contributed by atoms with Gasteiger partial charge in [-0.25, -0.2) is 4.68 Å². The van der Waals surface area contributed by atoms with Gasteiger partial charge in [0, 0.05) is 25.4 Å². The lowest BCUT2D eigenvalue weighted by Crippen LogP contribution is -2.10. The predicted molar refractivity (Wildman–Crippen MR) is 76.4 cm³/mol. The number of ether oxygens (including phenoxy) is 1. The van der Waals surface area contributed by atoms with Crippen LogP contribution < -0.4 is 10.5 Å². The summed E-state index contributed by atoms with van der Waals surface area (Å²) in [6.45, 7) is 2.00. The zero-order valence-electron chi connectivity index (χ0n) is 11.5. The van der Waals surface area contributed by atoms with Crippen molar-refractivity contribution in [2.24, 2.45) is 5.73 Å². The molecule has 20 heavy (non-hydrogen) atoms. The first kappa shape index (κ1) is 13.1. The van der Waals surface area contributed by atoms with Crippen molar-refractivity contribution in [3.63, 3.8) is 0 Å². The lowest BCUT2D eigenvalue weighted by Gasteiger charge is -2.08. The molecule has 0 amide bonds. The summed E-state index contributed by atoms with van der Waals surface area (Å²) in [5.41, 5.74) is 7.92. The van der Waals surface area contributed by atoms with Gasteiger partial charge in [0.1, 0.15) is 5.75 Å². The van der Waals surface area contributed by atoms with Crippen LogP contribution in [0.25, 0.3) is 0 Å². The highest BCUT2D eigenvalue weighted by Gasteiger charge is 2.30. The van der Waals surface area contributed by atoms with Gasteiger partial charge < -0.3 is 10.5 Å². The van der Waals surface area contributed by atoms with Crippen molar-refractivity contribution >= 4 is 0 Å².